The Morgan fingerprint density at radius 3 is 2.84 bits per heavy atom. The summed E-state index contributed by atoms with van der Waals surface area (Å²) in [6.45, 7) is 0.576. The Morgan fingerprint density at radius 1 is 1.32 bits per heavy atom. The highest BCUT2D eigenvalue weighted by Gasteiger charge is 2.50. The number of hydrogen-bond donors (Lipinski definition) is 0. The minimum Gasteiger partial charge on any atom is -0.368 e. The van der Waals surface area contributed by atoms with Crippen LogP contribution in [0.15, 0.2) is 29.3 Å². The molecule has 0 unspecified atom stereocenters. The van der Waals surface area contributed by atoms with Crippen molar-refractivity contribution in [2.24, 2.45) is 4.99 Å². The summed E-state index contributed by atoms with van der Waals surface area (Å²) in [5.41, 5.74) is 0.681. The fourth-order valence-electron chi connectivity index (χ4n) is 3.43. The van der Waals surface area contributed by atoms with Crippen LogP contribution in [0.2, 0.25) is 5.02 Å². The largest absolute Gasteiger partial charge is 0.368 e. The average Bonchev–Trinajstić information content (AvgIpc) is 3.23. The Bertz CT molecular complexity index is 836. The summed E-state index contributed by atoms with van der Waals surface area (Å²) in [4.78, 5) is 18.5. The maximum atomic E-state index is 12.4. The average molecular weight is 401 g/mol. The van der Waals surface area contributed by atoms with Gasteiger partial charge in [0.15, 0.2) is 15.0 Å². The number of para-hydroxylation sites is 1. The van der Waals surface area contributed by atoms with E-state index in [0.29, 0.717) is 28.9 Å². The molecule has 6 nitrogen and oxygen atoms in total. The van der Waals surface area contributed by atoms with Crippen molar-refractivity contribution in [3.8, 4) is 0 Å². The number of carbonyl (C=O) groups excluding carboxylic acids is 1. The first-order chi connectivity index (χ1) is 11.9. The second-order valence-electron chi connectivity index (χ2n) is 6.36. The predicted octanol–water partition coefficient (Wildman–Crippen LogP) is 2.12. The Kier molecular flexibility index (Phi) is 4.56. The first-order valence-electron chi connectivity index (χ1n) is 8.09. The van der Waals surface area contributed by atoms with Gasteiger partial charge < -0.3 is 9.64 Å². The number of benzene rings is 1. The standard InChI is InChI=1S/C16H17ClN2O4S2/c17-10-4-1-2-5-11(10)19-12-8-25(21,22)9-14(12)24-16(19)18-15(20)13-6-3-7-23-13/h1-2,4-5,12-14H,3,6-9H2/t12-,13+,14-/m0/s1. The molecule has 3 heterocycles. The lowest BCUT2D eigenvalue weighted by molar-refractivity contribution is -0.126. The number of amides is 1. The third-order valence-corrected chi connectivity index (χ3v) is 8.12. The molecule has 0 bridgehead atoms. The molecule has 25 heavy (non-hydrogen) atoms. The van der Waals surface area contributed by atoms with Gasteiger partial charge in [-0.1, -0.05) is 35.5 Å². The molecule has 0 saturated carbocycles. The lowest BCUT2D eigenvalue weighted by Gasteiger charge is -2.25. The molecule has 1 aromatic carbocycles. The molecule has 3 fully saturated rings. The minimum absolute atomic E-state index is 0.0447. The molecule has 0 aromatic heterocycles. The number of nitrogens with zero attached hydrogens (tertiary/aromatic N) is 2. The topological polar surface area (TPSA) is 76.0 Å². The molecule has 3 aliphatic heterocycles. The number of rotatable bonds is 2. The van der Waals surface area contributed by atoms with Crippen LogP contribution >= 0.6 is 23.4 Å². The number of hydrogen-bond acceptors (Lipinski definition) is 5. The Hall–Kier alpha value is -1.09. The van der Waals surface area contributed by atoms with Crippen molar-refractivity contribution in [3.05, 3.63) is 29.3 Å². The van der Waals surface area contributed by atoms with Crippen molar-refractivity contribution in [2.45, 2.75) is 30.2 Å². The monoisotopic (exact) mass is 400 g/mol. The van der Waals surface area contributed by atoms with E-state index in [1.165, 1.54) is 11.8 Å². The summed E-state index contributed by atoms with van der Waals surface area (Å²) in [5, 5.41) is 0.876. The summed E-state index contributed by atoms with van der Waals surface area (Å²) >= 11 is 7.67. The normalized spacial score (nSPS) is 32.3. The molecule has 0 spiro atoms. The molecule has 0 N–H and O–H groups in total. The van der Waals surface area contributed by atoms with Crippen molar-refractivity contribution in [1.82, 2.24) is 0 Å². The van der Waals surface area contributed by atoms with Gasteiger partial charge in [0.25, 0.3) is 5.91 Å². The van der Waals surface area contributed by atoms with Gasteiger partial charge in [-0.3, -0.25) is 4.79 Å². The van der Waals surface area contributed by atoms with E-state index in [1.807, 2.05) is 23.1 Å². The van der Waals surface area contributed by atoms with Crippen molar-refractivity contribution in [2.75, 3.05) is 23.0 Å². The molecule has 9 heteroatoms. The molecule has 0 radical (unpaired) electrons. The quantitative estimate of drug-likeness (QED) is 0.756. The van der Waals surface area contributed by atoms with Crippen LogP contribution in [0, 0.1) is 0 Å². The highest BCUT2D eigenvalue weighted by Crippen LogP contribution is 2.43. The summed E-state index contributed by atoms with van der Waals surface area (Å²) in [5.74, 6) is -0.167. The smallest absolute Gasteiger partial charge is 0.277 e. The van der Waals surface area contributed by atoms with Crippen LogP contribution in [0.4, 0.5) is 5.69 Å². The maximum absolute atomic E-state index is 12.4. The lowest BCUT2D eigenvalue weighted by Crippen LogP contribution is -2.38. The van der Waals surface area contributed by atoms with Gasteiger partial charge in [0.05, 0.1) is 28.3 Å². The van der Waals surface area contributed by atoms with Gasteiger partial charge in [0.2, 0.25) is 0 Å². The van der Waals surface area contributed by atoms with Gasteiger partial charge in [-0.25, -0.2) is 8.42 Å². The van der Waals surface area contributed by atoms with Gasteiger partial charge in [-0.05, 0) is 25.0 Å². The number of anilines is 1. The van der Waals surface area contributed by atoms with E-state index < -0.39 is 15.9 Å². The number of amidine groups is 1. The Morgan fingerprint density at radius 2 is 2.12 bits per heavy atom. The molecule has 1 amide bonds. The van der Waals surface area contributed by atoms with E-state index in [1.54, 1.807) is 6.07 Å². The fraction of sp³-hybridized carbons (Fsp3) is 0.500. The van der Waals surface area contributed by atoms with Crippen LogP contribution in [0.1, 0.15) is 12.8 Å². The second kappa shape index (κ2) is 6.57. The molecule has 3 saturated heterocycles. The van der Waals surface area contributed by atoms with E-state index in [0.717, 1.165) is 6.42 Å². The molecule has 3 aliphatic rings. The third kappa shape index (κ3) is 3.32. The molecular weight excluding hydrogens is 384 g/mol. The zero-order chi connectivity index (χ0) is 17.6. The van der Waals surface area contributed by atoms with Gasteiger partial charge in [-0.15, -0.1) is 0 Å². The van der Waals surface area contributed by atoms with Gasteiger partial charge in [0, 0.05) is 11.9 Å². The summed E-state index contributed by atoms with van der Waals surface area (Å²) in [6, 6.07) is 6.96. The van der Waals surface area contributed by atoms with Crippen molar-refractivity contribution in [3.63, 3.8) is 0 Å². The van der Waals surface area contributed by atoms with E-state index in [-0.39, 0.29) is 28.7 Å². The molecular formula is C16H17ClN2O4S2. The van der Waals surface area contributed by atoms with Crippen LogP contribution in [0.25, 0.3) is 0 Å². The molecule has 1 aromatic rings. The number of thioether (sulfide) groups is 1. The Labute approximate surface area is 155 Å². The number of aliphatic imine (C=N–C) groups is 1. The number of halogens is 1. The van der Waals surface area contributed by atoms with Gasteiger partial charge >= 0.3 is 0 Å². The van der Waals surface area contributed by atoms with Gasteiger partial charge in [-0.2, -0.15) is 4.99 Å². The van der Waals surface area contributed by atoms with Crippen LogP contribution in [0.5, 0.6) is 0 Å². The zero-order valence-corrected chi connectivity index (χ0v) is 15.7. The maximum Gasteiger partial charge on any atom is 0.277 e. The van der Waals surface area contributed by atoms with Crippen molar-refractivity contribution < 1.29 is 17.9 Å². The van der Waals surface area contributed by atoms with Crippen molar-refractivity contribution in [1.29, 1.82) is 0 Å². The van der Waals surface area contributed by atoms with Crippen LogP contribution in [-0.2, 0) is 19.4 Å². The molecule has 0 aliphatic carbocycles. The predicted molar refractivity (Wildman–Crippen MR) is 99.2 cm³/mol. The number of carbonyl (C=O) groups is 1. The van der Waals surface area contributed by atoms with Crippen LogP contribution in [0.3, 0.4) is 0 Å². The number of fused-ring (bicyclic) bond motifs is 1. The summed E-state index contributed by atoms with van der Waals surface area (Å²) < 4.78 is 29.5. The number of sulfone groups is 1. The number of ether oxygens (including phenoxy) is 1. The second-order valence-corrected chi connectivity index (χ2v) is 10.1. The molecule has 4 rings (SSSR count). The third-order valence-electron chi connectivity index (χ3n) is 4.59. The van der Waals surface area contributed by atoms with E-state index in [4.69, 9.17) is 16.3 Å². The first kappa shape index (κ1) is 17.3. The molecule has 3 atom stereocenters. The van der Waals surface area contributed by atoms with E-state index in [2.05, 4.69) is 4.99 Å². The van der Waals surface area contributed by atoms with Crippen molar-refractivity contribution >= 4 is 50.0 Å². The first-order valence-corrected chi connectivity index (χ1v) is 11.2. The zero-order valence-electron chi connectivity index (χ0n) is 13.3. The van der Waals surface area contributed by atoms with Crippen LogP contribution in [-0.4, -0.2) is 55.0 Å². The summed E-state index contributed by atoms with van der Waals surface area (Å²) in [6.07, 6.45) is 1.03. The van der Waals surface area contributed by atoms with Crippen LogP contribution < -0.4 is 4.90 Å². The molecule has 134 valence electrons. The van der Waals surface area contributed by atoms with E-state index in [9.17, 15) is 13.2 Å². The SMILES string of the molecule is O=C(N=C1S[C@H]2CS(=O)(=O)C[C@@H]2N1c1ccccc1Cl)[C@H]1CCCO1. The highest BCUT2D eigenvalue weighted by molar-refractivity contribution is 8.16. The summed E-state index contributed by atoms with van der Waals surface area (Å²) in [7, 11) is -3.10. The lowest BCUT2D eigenvalue weighted by atomic mass is 10.2. The Balaban J connectivity index is 1.71. The van der Waals surface area contributed by atoms with Gasteiger partial charge in [0.1, 0.15) is 6.10 Å². The fourth-order valence-corrected chi connectivity index (χ4v) is 7.57. The highest BCUT2D eigenvalue weighted by atomic mass is 35.5. The minimum atomic E-state index is -3.10. The van der Waals surface area contributed by atoms with E-state index >= 15 is 0 Å².